The molecule has 0 aliphatic rings. The fourth-order valence-electron chi connectivity index (χ4n) is 3.01. The van der Waals surface area contributed by atoms with E-state index in [-0.39, 0.29) is 28.7 Å². The van der Waals surface area contributed by atoms with E-state index < -0.39 is 15.9 Å². The van der Waals surface area contributed by atoms with Crippen LogP contribution < -0.4 is 10.2 Å². The number of rotatable bonds is 7. The molecule has 0 aliphatic carbocycles. The highest BCUT2D eigenvalue weighted by Crippen LogP contribution is 2.22. The zero-order chi connectivity index (χ0) is 21.8. The summed E-state index contributed by atoms with van der Waals surface area (Å²) in [5, 5.41) is 2.85. The van der Waals surface area contributed by atoms with E-state index in [9.17, 15) is 18.0 Å². The van der Waals surface area contributed by atoms with Crippen molar-refractivity contribution in [3.05, 3.63) is 60.2 Å². The fourth-order valence-corrected chi connectivity index (χ4v) is 3.64. The summed E-state index contributed by atoms with van der Waals surface area (Å²) in [6, 6.07) is 14.1. The van der Waals surface area contributed by atoms with Crippen molar-refractivity contribution in [2.24, 2.45) is 5.92 Å². The second-order valence-corrected chi connectivity index (χ2v) is 9.64. The SMILES string of the molecule is CC(C)C(NC(=O)c1ccccc1)C(=O)N(c1ccc(S(C)(=O)=O)cc1)C(C)C. The van der Waals surface area contributed by atoms with E-state index in [0.717, 1.165) is 6.26 Å². The molecule has 1 unspecified atom stereocenters. The van der Waals surface area contributed by atoms with Crippen molar-refractivity contribution >= 4 is 27.3 Å². The molecule has 0 aromatic heterocycles. The first kappa shape index (κ1) is 22.6. The van der Waals surface area contributed by atoms with E-state index in [0.29, 0.717) is 11.3 Å². The molecule has 0 aliphatic heterocycles. The van der Waals surface area contributed by atoms with Gasteiger partial charge in [0, 0.05) is 23.5 Å². The molecular formula is C22H28N2O4S. The zero-order valence-electron chi connectivity index (χ0n) is 17.4. The highest BCUT2D eigenvalue weighted by molar-refractivity contribution is 7.90. The number of sulfone groups is 1. The summed E-state index contributed by atoms with van der Waals surface area (Å²) in [5.74, 6) is -0.688. The molecule has 0 fully saturated rings. The van der Waals surface area contributed by atoms with Crippen LogP contribution in [-0.2, 0) is 14.6 Å². The monoisotopic (exact) mass is 416 g/mol. The molecule has 1 atom stereocenters. The largest absolute Gasteiger partial charge is 0.340 e. The minimum absolute atomic E-state index is 0.133. The summed E-state index contributed by atoms with van der Waals surface area (Å²) in [7, 11) is -3.32. The maximum Gasteiger partial charge on any atom is 0.251 e. The number of amides is 2. The number of carbonyl (C=O) groups excluding carboxylic acids is 2. The van der Waals surface area contributed by atoms with Crippen molar-refractivity contribution in [2.45, 2.75) is 44.7 Å². The second kappa shape index (κ2) is 9.22. The highest BCUT2D eigenvalue weighted by atomic mass is 32.2. The molecule has 156 valence electrons. The minimum Gasteiger partial charge on any atom is -0.340 e. The first-order valence-electron chi connectivity index (χ1n) is 9.51. The molecule has 0 spiro atoms. The van der Waals surface area contributed by atoms with Gasteiger partial charge in [0.2, 0.25) is 5.91 Å². The summed E-state index contributed by atoms with van der Waals surface area (Å²) >= 11 is 0. The summed E-state index contributed by atoms with van der Waals surface area (Å²) in [5.41, 5.74) is 1.07. The summed E-state index contributed by atoms with van der Waals surface area (Å²) < 4.78 is 23.4. The van der Waals surface area contributed by atoms with Crippen LogP contribution in [-0.4, -0.2) is 38.6 Å². The predicted octanol–water partition coefficient (Wildman–Crippen LogP) is 3.29. The van der Waals surface area contributed by atoms with E-state index in [1.54, 1.807) is 41.3 Å². The number of nitrogens with one attached hydrogen (secondary N) is 1. The van der Waals surface area contributed by atoms with Crippen molar-refractivity contribution in [1.82, 2.24) is 5.32 Å². The minimum atomic E-state index is -3.32. The van der Waals surface area contributed by atoms with Crippen LogP contribution >= 0.6 is 0 Å². The van der Waals surface area contributed by atoms with Gasteiger partial charge in [-0.3, -0.25) is 9.59 Å². The number of hydrogen-bond donors (Lipinski definition) is 1. The normalized spacial score (nSPS) is 12.7. The number of hydrogen-bond acceptors (Lipinski definition) is 4. The molecule has 6 nitrogen and oxygen atoms in total. The molecule has 2 aromatic rings. The maximum atomic E-state index is 13.4. The van der Waals surface area contributed by atoms with Crippen LogP contribution in [0.5, 0.6) is 0 Å². The molecule has 29 heavy (non-hydrogen) atoms. The lowest BCUT2D eigenvalue weighted by Gasteiger charge is -2.32. The van der Waals surface area contributed by atoms with Crippen LogP contribution in [0, 0.1) is 5.92 Å². The van der Waals surface area contributed by atoms with Gasteiger partial charge in [0.25, 0.3) is 5.91 Å². The molecule has 0 bridgehead atoms. The number of benzene rings is 2. The smallest absolute Gasteiger partial charge is 0.251 e. The summed E-state index contributed by atoms with van der Waals surface area (Å²) in [6.45, 7) is 7.50. The number of carbonyl (C=O) groups is 2. The topological polar surface area (TPSA) is 83.6 Å². The van der Waals surface area contributed by atoms with Crippen molar-refractivity contribution in [2.75, 3.05) is 11.2 Å². The molecule has 0 heterocycles. The van der Waals surface area contributed by atoms with Gasteiger partial charge >= 0.3 is 0 Å². The van der Waals surface area contributed by atoms with Crippen LogP contribution in [0.3, 0.4) is 0 Å². The molecule has 0 saturated carbocycles. The van der Waals surface area contributed by atoms with Gasteiger partial charge < -0.3 is 10.2 Å². The Morgan fingerprint density at radius 1 is 0.897 bits per heavy atom. The van der Waals surface area contributed by atoms with Crippen LogP contribution in [0.2, 0.25) is 0 Å². The Hall–Kier alpha value is -2.67. The third-order valence-corrected chi connectivity index (χ3v) is 5.68. The lowest BCUT2D eigenvalue weighted by molar-refractivity contribution is -0.121. The van der Waals surface area contributed by atoms with Crippen molar-refractivity contribution in [1.29, 1.82) is 0 Å². The Kier molecular flexibility index (Phi) is 7.19. The van der Waals surface area contributed by atoms with Gasteiger partial charge in [-0.05, 0) is 56.2 Å². The van der Waals surface area contributed by atoms with E-state index in [1.807, 2.05) is 33.8 Å². The van der Waals surface area contributed by atoms with Crippen LogP contribution in [0.25, 0.3) is 0 Å². The van der Waals surface area contributed by atoms with Crippen molar-refractivity contribution in [3.8, 4) is 0 Å². The van der Waals surface area contributed by atoms with Crippen LogP contribution in [0.15, 0.2) is 59.5 Å². The average molecular weight is 417 g/mol. The van der Waals surface area contributed by atoms with E-state index in [2.05, 4.69) is 5.32 Å². The molecule has 2 rings (SSSR count). The van der Waals surface area contributed by atoms with Gasteiger partial charge in [0.05, 0.1) is 4.90 Å². The Morgan fingerprint density at radius 2 is 1.45 bits per heavy atom. The second-order valence-electron chi connectivity index (χ2n) is 7.63. The van der Waals surface area contributed by atoms with Gasteiger partial charge in [-0.15, -0.1) is 0 Å². The number of nitrogens with zero attached hydrogens (tertiary/aromatic N) is 1. The standard InChI is InChI=1S/C22H28N2O4S/c1-15(2)20(23-21(25)17-9-7-6-8-10-17)22(26)24(16(3)4)18-11-13-19(14-12-18)29(5,27)28/h6-16,20H,1-5H3,(H,23,25). The Balaban J connectivity index is 2.32. The van der Waals surface area contributed by atoms with Crippen molar-refractivity contribution < 1.29 is 18.0 Å². The van der Waals surface area contributed by atoms with Gasteiger partial charge in [-0.2, -0.15) is 0 Å². The first-order chi connectivity index (χ1) is 13.5. The summed E-state index contributed by atoms with van der Waals surface area (Å²) in [6.07, 6.45) is 1.14. The Bertz CT molecular complexity index is 952. The lowest BCUT2D eigenvalue weighted by Crippen LogP contribution is -2.53. The Labute approximate surface area is 172 Å². The van der Waals surface area contributed by atoms with Gasteiger partial charge in [0.15, 0.2) is 9.84 Å². The van der Waals surface area contributed by atoms with Crippen LogP contribution in [0.4, 0.5) is 5.69 Å². The third kappa shape index (κ3) is 5.67. The molecule has 1 N–H and O–H groups in total. The average Bonchev–Trinajstić information content (AvgIpc) is 2.65. The van der Waals surface area contributed by atoms with E-state index in [4.69, 9.17) is 0 Å². The van der Waals surface area contributed by atoms with Crippen LogP contribution in [0.1, 0.15) is 38.1 Å². The fraction of sp³-hybridized carbons (Fsp3) is 0.364. The van der Waals surface area contributed by atoms with E-state index in [1.165, 1.54) is 12.1 Å². The quantitative estimate of drug-likeness (QED) is 0.751. The maximum absolute atomic E-state index is 13.4. The molecule has 0 saturated heterocycles. The molecule has 2 amide bonds. The number of anilines is 1. The molecule has 7 heteroatoms. The Morgan fingerprint density at radius 3 is 1.90 bits per heavy atom. The van der Waals surface area contributed by atoms with E-state index >= 15 is 0 Å². The third-order valence-electron chi connectivity index (χ3n) is 4.55. The molecule has 2 aromatic carbocycles. The highest BCUT2D eigenvalue weighted by Gasteiger charge is 2.31. The first-order valence-corrected chi connectivity index (χ1v) is 11.4. The van der Waals surface area contributed by atoms with Gasteiger partial charge in [0.1, 0.15) is 6.04 Å². The van der Waals surface area contributed by atoms with Gasteiger partial charge in [-0.25, -0.2) is 8.42 Å². The van der Waals surface area contributed by atoms with Crippen molar-refractivity contribution in [3.63, 3.8) is 0 Å². The van der Waals surface area contributed by atoms with Gasteiger partial charge in [-0.1, -0.05) is 32.0 Å². The lowest BCUT2D eigenvalue weighted by atomic mass is 10.0. The molecule has 0 radical (unpaired) electrons. The molecular weight excluding hydrogens is 388 g/mol. The predicted molar refractivity (Wildman–Crippen MR) is 115 cm³/mol. The zero-order valence-corrected chi connectivity index (χ0v) is 18.2. The summed E-state index contributed by atoms with van der Waals surface area (Å²) in [4.78, 5) is 27.7.